The molecule has 1 aromatic carbocycles. The highest BCUT2D eigenvalue weighted by Gasteiger charge is 2.24. The summed E-state index contributed by atoms with van der Waals surface area (Å²) < 4.78 is 1.08. The Kier molecular flexibility index (Phi) is 5.30. The molecule has 1 fully saturated rings. The van der Waals surface area contributed by atoms with Crippen LogP contribution in [0.3, 0.4) is 0 Å². The monoisotopic (exact) mass is 355 g/mol. The Balaban J connectivity index is 2.07. The van der Waals surface area contributed by atoms with E-state index in [1.165, 1.54) is 11.3 Å². The average Bonchev–Trinajstić information content (AvgIpc) is 2.37. The van der Waals surface area contributed by atoms with E-state index in [4.69, 9.17) is 5.73 Å². The minimum absolute atomic E-state index is 0.0301. The second kappa shape index (κ2) is 6.65. The van der Waals surface area contributed by atoms with Crippen LogP contribution >= 0.6 is 15.9 Å². The SMILES string of the molecule is CC(N)c1ccc(Br)cc1N1CCN(CC(C)(C)O)CC1. The van der Waals surface area contributed by atoms with Gasteiger partial charge in [-0.05, 0) is 38.5 Å². The second-order valence-electron chi connectivity index (χ2n) is 6.57. The molecule has 0 spiro atoms. The van der Waals surface area contributed by atoms with Crippen molar-refractivity contribution in [2.45, 2.75) is 32.4 Å². The summed E-state index contributed by atoms with van der Waals surface area (Å²) in [5, 5.41) is 9.93. The maximum atomic E-state index is 9.93. The van der Waals surface area contributed by atoms with Crippen molar-refractivity contribution in [1.82, 2.24) is 4.90 Å². The maximum Gasteiger partial charge on any atom is 0.0718 e. The number of piperazine rings is 1. The zero-order valence-corrected chi connectivity index (χ0v) is 14.7. The van der Waals surface area contributed by atoms with Gasteiger partial charge < -0.3 is 15.7 Å². The molecule has 3 N–H and O–H groups in total. The minimum Gasteiger partial charge on any atom is -0.389 e. The van der Waals surface area contributed by atoms with E-state index in [9.17, 15) is 5.11 Å². The van der Waals surface area contributed by atoms with Gasteiger partial charge in [-0.3, -0.25) is 4.90 Å². The molecule has 1 aliphatic heterocycles. The van der Waals surface area contributed by atoms with Crippen LogP contribution in [0.15, 0.2) is 22.7 Å². The third-order valence-electron chi connectivity index (χ3n) is 3.81. The molecule has 0 aliphatic carbocycles. The summed E-state index contributed by atoms with van der Waals surface area (Å²) in [6.45, 7) is 10.3. The molecule has 0 saturated carbocycles. The summed E-state index contributed by atoms with van der Waals surface area (Å²) in [6.07, 6.45) is 0. The van der Waals surface area contributed by atoms with Crippen LogP contribution in [0, 0.1) is 0 Å². The molecular formula is C16H26BrN3O. The largest absolute Gasteiger partial charge is 0.389 e. The highest BCUT2D eigenvalue weighted by Crippen LogP contribution is 2.29. The molecule has 1 aliphatic rings. The average molecular weight is 356 g/mol. The Morgan fingerprint density at radius 3 is 2.43 bits per heavy atom. The van der Waals surface area contributed by atoms with E-state index in [2.05, 4.69) is 37.9 Å². The predicted molar refractivity (Wildman–Crippen MR) is 91.7 cm³/mol. The van der Waals surface area contributed by atoms with Gasteiger partial charge in [-0.2, -0.15) is 0 Å². The van der Waals surface area contributed by atoms with Crippen LogP contribution in [0.25, 0.3) is 0 Å². The number of hydrogen-bond acceptors (Lipinski definition) is 4. The molecule has 0 bridgehead atoms. The fourth-order valence-corrected chi connectivity index (χ4v) is 3.22. The van der Waals surface area contributed by atoms with Gasteiger partial charge >= 0.3 is 0 Å². The normalized spacial score (nSPS) is 18.9. The Morgan fingerprint density at radius 1 is 1.29 bits per heavy atom. The molecule has 4 nitrogen and oxygen atoms in total. The van der Waals surface area contributed by atoms with Crippen molar-refractivity contribution in [3.63, 3.8) is 0 Å². The van der Waals surface area contributed by atoms with E-state index in [1.54, 1.807) is 0 Å². The van der Waals surface area contributed by atoms with Crippen LogP contribution in [0.2, 0.25) is 0 Å². The fourth-order valence-electron chi connectivity index (χ4n) is 2.87. The first-order valence-corrected chi connectivity index (χ1v) is 8.30. The lowest BCUT2D eigenvalue weighted by Gasteiger charge is -2.39. The molecule has 1 heterocycles. The van der Waals surface area contributed by atoms with Crippen LogP contribution in [0.5, 0.6) is 0 Å². The molecule has 2 rings (SSSR count). The summed E-state index contributed by atoms with van der Waals surface area (Å²) in [7, 11) is 0. The lowest BCUT2D eigenvalue weighted by atomic mass is 10.0. The van der Waals surface area contributed by atoms with Crippen molar-refractivity contribution < 1.29 is 5.11 Å². The quantitative estimate of drug-likeness (QED) is 0.870. The summed E-state index contributed by atoms with van der Waals surface area (Å²) in [4.78, 5) is 4.71. The Bertz CT molecular complexity index is 477. The van der Waals surface area contributed by atoms with Crippen LogP contribution in [0.1, 0.15) is 32.4 Å². The van der Waals surface area contributed by atoms with Crippen LogP contribution < -0.4 is 10.6 Å². The molecule has 0 aromatic heterocycles. The van der Waals surface area contributed by atoms with Gasteiger partial charge in [-0.1, -0.05) is 22.0 Å². The Labute approximate surface area is 136 Å². The zero-order chi connectivity index (χ0) is 15.6. The van der Waals surface area contributed by atoms with Crippen molar-refractivity contribution in [2.75, 3.05) is 37.6 Å². The van der Waals surface area contributed by atoms with Gasteiger partial charge in [0.1, 0.15) is 0 Å². The number of nitrogens with two attached hydrogens (primary N) is 1. The van der Waals surface area contributed by atoms with Gasteiger partial charge in [0.25, 0.3) is 0 Å². The van der Waals surface area contributed by atoms with Crippen molar-refractivity contribution in [3.8, 4) is 0 Å². The van der Waals surface area contributed by atoms with Crippen molar-refractivity contribution in [1.29, 1.82) is 0 Å². The van der Waals surface area contributed by atoms with Gasteiger partial charge in [0, 0.05) is 48.9 Å². The Hall–Kier alpha value is -0.620. The number of rotatable bonds is 4. The molecule has 1 aromatic rings. The summed E-state index contributed by atoms with van der Waals surface area (Å²) in [5.74, 6) is 0. The molecule has 0 radical (unpaired) electrons. The van der Waals surface area contributed by atoms with Gasteiger partial charge in [0.05, 0.1) is 5.60 Å². The predicted octanol–water partition coefficient (Wildman–Crippen LogP) is 2.36. The van der Waals surface area contributed by atoms with E-state index in [0.717, 1.165) is 37.2 Å². The van der Waals surface area contributed by atoms with Crippen molar-refractivity contribution >= 4 is 21.6 Å². The molecule has 1 saturated heterocycles. The van der Waals surface area contributed by atoms with E-state index < -0.39 is 5.60 Å². The van der Waals surface area contributed by atoms with E-state index in [1.807, 2.05) is 26.8 Å². The van der Waals surface area contributed by atoms with Gasteiger partial charge in [-0.15, -0.1) is 0 Å². The second-order valence-corrected chi connectivity index (χ2v) is 7.48. The topological polar surface area (TPSA) is 52.7 Å². The lowest BCUT2D eigenvalue weighted by molar-refractivity contribution is 0.0345. The lowest BCUT2D eigenvalue weighted by Crippen LogP contribution is -2.50. The molecule has 21 heavy (non-hydrogen) atoms. The third kappa shape index (κ3) is 4.68. The number of halogens is 1. The molecule has 1 atom stereocenters. The summed E-state index contributed by atoms with van der Waals surface area (Å²) in [6, 6.07) is 6.34. The van der Waals surface area contributed by atoms with E-state index in [0.29, 0.717) is 0 Å². The van der Waals surface area contributed by atoms with Gasteiger partial charge in [0.15, 0.2) is 0 Å². The van der Waals surface area contributed by atoms with Gasteiger partial charge in [-0.25, -0.2) is 0 Å². The summed E-state index contributed by atoms with van der Waals surface area (Å²) >= 11 is 3.55. The highest BCUT2D eigenvalue weighted by molar-refractivity contribution is 9.10. The first-order valence-electron chi connectivity index (χ1n) is 7.51. The smallest absolute Gasteiger partial charge is 0.0718 e. The molecular weight excluding hydrogens is 330 g/mol. The maximum absolute atomic E-state index is 9.93. The molecule has 0 amide bonds. The minimum atomic E-state index is -0.630. The number of aliphatic hydroxyl groups is 1. The third-order valence-corrected chi connectivity index (χ3v) is 4.30. The summed E-state index contributed by atoms with van der Waals surface area (Å²) in [5.41, 5.74) is 7.88. The van der Waals surface area contributed by atoms with Crippen LogP contribution in [0.4, 0.5) is 5.69 Å². The van der Waals surface area contributed by atoms with Crippen molar-refractivity contribution in [2.24, 2.45) is 5.73 Å². The number of β-amino-alcohol motifs (C(OH)–C–C–N with tert-alkyl or cyclic N) is 1. The van der Waals surface area contributed by atoms with E-state index >= 15 is 0 Å². The zero-order valence-electron chi connectivity index (χ0n) is 13.1. The number of nitrogens with zero attached hydrogens (tertiary/aromatic N) is 2. The van der Waals surface area contributed by atoms with E-state index in [-0.39, 0.29) is 6.04 Å². The standard InChI is InChI=1S/C16H26BrN3O/c1-12(18)14-5-4-13(17)10-15(14)20-8-6-19(7-9-20)11-16(2,3)21/h4-5,10,12,21H,6-9,11,18H2,1-3H3. The molecule has 5 heteroatoms. The molecule has 1 unspecified atom stereocenters. The Morgan fingerprint density at radius 2 is 1.90 bits per heavy atom. The first-order chi connectivity index (χ1) is 9.76. The molecule has 118 valence electrons. The fraction of sp³-hybridized carbons (Fsp3) is 0.625. The number of anilines is 1. The number of hydrogen-bond donors (Lipinski definition) is 2. The van der Waals surface area contributed by atoms with Crippen LogP contribution in [-0.2, 0) is 0 Å². The number of benzene rings is 1. The van der Waals surface area contributed by atoms with Gasteiger partial charge in [0.2, 0.25) is 0 Å². The van der Waals surface area contributed by atoms with Crippen molar-refractivity contribution in [3.05, 3.63) is 28.2 Å². The highest BCUT2D eigenvalue weighted by atomic mass is 79.9. The first kappa shape index (κ1) is 16.7. The van der Waals surface area contributed by atoms with Crippen LogP contribution in [-0.4, -0.2) is 48.3 Å².